The summed E-state index contributed by atoms with van der Waals surface area (Å²) in [7, 11) is 4.22. The second-order valence-electron chi connectivity index (χ2n) is 4.81. The maximum absolute atomic E-state index is 5.98. The molecule has 0 aliphatic rings. The van der Waals surface area contributed by atoms with Gasteiger partial charge in [-0.15, -0.1) is 11.6 Å². The van der Waals surface area contributed by atoms with E-state index in [1.165, 1.54) is 11.9 Å². The third-order valence-electron chi connectivity index (χ3n) is 3.09. The van der Waals surface area contributed by atoms with Crippen LogP contribution in [0.5, 0.6) is 0 Å². The van der Waals surface area contributed by atoms with Crippen LogP contribution >= 0.6 is 11.6 Å². The van der Waals surface area contributed by atoms with E-state index < -0.39 is 0 Å². The monoisotopic (exact) mass is 265 g/mol. The number of aromatic nitrogens is 2. The average Bonchev–Trinajstić information content (AvgIpc) is 2.72. The van der Waals surface area contributed by atoms with Crippen molar-refractivity contribution in [2.24, 2.45) is 0 Å². The van der Waals surface area contributed by atoms with Crippen LogP contribution in [0.4, 0.5) is 0 Å². The summed E-state index contributed by atoms with van der Waals surface area (Å²) in [5, 5.41) is 0. The summed E-state index contributed by atoms with van der Waals surface area (Å²) in [6.45, 7) is 2.12. The van der Waals surface area contributed by atoms with E-state index in [4.69, 9.17) is 11.6 Å². The van der Waals surface area contributed by atoms with Gasteiger partial charge < -0.3 is 9.47 Å². The fraction of sp³-hybridized carbons (Fsp3) is 0.500. The molecule has 0 aliphatic heterocycles. The first-order valence-electron chi connectivity index (χ1n) is 6.37. The van der Waals surface area contributed by atoms with Crippen molar-refractivity contribution in [1.82, 2.24) is 14.5 Å². The van der Waals surface area contributed by atoms with Crippen LogP contribution in [0.2, 0.25) is 0 Å². The van der Waals surface area contributed by atoms with Gasteiger partial charge in [-0.25, -0.2) is 4.98 Å². The highest BCUT2D eigenvalue weighted by atomic mass is 35.5. The molecular formula is C14H20ClN3. The Bertz CT molecular complexity index is 505. The molecule has 0 N–H and O–H groups in total. The van der Waals surface area contributed by atoms with Crippen LogP contribution in [0.25, 0.3) is 11.0 Å². The van der Waals surface area contributed by atoms with E-state index in [-0.39, 0.29) is 0 Å². The van der Waals surface area contributed by atoms with Gasteiger partial charge in [-0.1, -0.05) is 12.1 Å². The number of hydrogen-bond donors (Lipinski definition) is 0. The normalized spacial score (nSPS) is 11.6. The maximum atomic E-state index is 5.98. The molecule has 0 saturated heterocycles. The quantitative estimate of drug-likeness (QED) is 0.591. The minimum Gasteiger partial charge on any atom is -0.327 e. The molecule has 0 atom stereocenters. The van der Waals surface area contributed by atoms with Crippen molar-refractivity contribution in [3.05, 3.63) is 30.1 Å². The molecule has 0 unspecified atom stereocenters. The molecule has 2 rings (SSSR count). The molecule has 0 radical (unpaired) electrons. The highest BCUT2D eigenvalue weighted by Crippen LogP contribution is 2.18. The molecule has 2 aromatic rings. The number of para-hydroxylation sites is 2. The number of rotatable bonds is 6. The number of nitrogens with zero attached hydrogens (tertiary/aromatic N) is 3. The predicted octanol–water partition coefficient (Wildman–Crippen LogP) is 3.12. The fourth-order valence-corrected chi connectivity index (χ4v) is 2.38. The summed E-state index contributed by atoms with van der Waals surface area (Å²) < 4.78 is 2.25. The van der Waals surface area contributed by atoms with E-state index in [0.29, 0.717) is 5.88 Å². The lowest BCUT2D eigenvalue weighted by Crippen LogP contribution is -2.13. The average molecular weight is 266 g/mol. The van der Waals surface area contributed by atoms with Gasteiger partial charge >= 0.3 is 0 Å². The largest absolute Gasteiger partial charge is 0.327 e. The third-order valence-corrected chi connectivity index (χ3v) is 3.33. The molecule has 18 heavy (non-hydrogen) atoms. The van der Waals surface area contributed by atoms with Crippen molar-refractivity contribution in [2.75, 3.05) is 20.6 Å². The molecule has 0 fully saturated rings. The van der Waals surface area contributed by atoms with E-state index in [2.05, 4.69) is 40.7 Å². The molecule has 0 saturated carbocycles. The Morgan fingerprint density at radius 1 is 1.22 bits per heavy atom. The Balaban J connectivity index is 2.10. The lowest BCUT2D eigenvalue weighted by atomic mass is 10.2. The molecule has 0 spiro atoms. The number of alkyl halides is 1. The van der Waals surface area contributed by atoms with E-state index in [9.17, 15) is 0 Å². The summed E-state index contributed by atoms with van der Waals surface area (Å²) in [5.41, 5.74) is 2.23. The van der Waals surface area contributed by atoms with Gasteiger partial charge in [0.05, 0.1) is 16.9 Å². The Morgan fingerprint density at radius 3 is 2.72 bits per heavy atom. The first kappa shape index (κ1) is 13.4. The van der Waals surface area contributed by atoms with Crippen molar-refractivity contribution < 1.29 is 0 Å². The smallest absolute Gasteiger partial charge is 0.124 e. The van der Waals surface area contributed by atoms with Gasteiger partial charge in [0.1, 0.15) is 5.82 Å². The van der Waals surface area contributed by atoms with Crippen molar-refractivity contribution >= 4 is 22.6 Å². The highest BCUT2D eigenvalue weighted by molar-refractivity contribution is 6.16. The van der Waals surface area contributed by atoms with Crippen LogP contribution < -0.4 is 0 Å². The highest BCUT2D eigenvalue weighted by Gasteiger charge is 2.08. The van der Waals surface area contributed by atoms with Crippen molar-refractivity contribution in [3.63, 3.8) is 0 Å². The summed E-state index contributed by atoms with van der Waals surface area (Å²) >= 11 is 5.98. The number of fused-ring (bicyclic) bond motifs is 1. The van der Waals surface area contributed by atoms with Crippen LogP contribution in [0, 0.1) is 0 Å². The van der Waals surface area contributed by atoms with Crippen LogP contribution in [0.1, 0.15) is 18.7 Å². The number of hydrogen-bond acceptors (Lipinski definition) is 2. The van der Waals surface area contributed by atoms with E-state index in [0.717, 1.165) is 30.9 Å². The summed E-state index contributed by atoms with van der Waals surface area (Å²) in [4.78, 5) is 6.78. The number of aryl methyl sites for hydroxylation is 1. The van der Waals surface area contributed by atoms with E-state index in [1.807, 2.05) is 12.1 Å². The molecular weight excluding hydrogens is 246 g/mol. The van der Waals surface area contributed by atoms with Gasteiger partial charge in [0.2, 0.25) is 0 Å². The standard InChI is InChI=1S/C14H20ClN3/c1-17(2)9-5-6-10-18-13-8-4-3-7-12(13)16-14(18)11-15/h3-4,7-8H,5-6,9-11H2,1-2H3. The first-order valence-corrected chi connectivity index (χ1v) is 6.90. The maximum Gasteiger partial charge on any atom is 0.124 e. The summed E-state index contributed by atoms with van der Waals surface area (Å²) in [5.74, 6) is 1.45. The number of halogens is 1. The predicted molar refractivity (Wildman–Crippen MR) is 77.1 cm³/mol. The lowest BCUT2D eigenvalue weighted by Gasteiger charge is -2.10. The minimum absolute atomic E-state index is 0.475. The molecule has 1 heterocycles. The number of benzene rings is 1. The summed E-state index contributed by atoms with van der Waals surface area (Å²) in [6, 6.07) is 8.23. The van der Waals surface area contributed by atoms with Crippen molar-refractivity contribution in [1.29, 1.82) is 0 Å². The van der Waals surface area contributed by atoms with Crippen molar-refractivity contribution in [3.8, 4) is 0 Å². The van der Waals surface area contributed by atoms with Gasteiger partial charge in [0.25, 0.3) is 0 Å². The molecule has 1 aromatic heterocycles. The second kappa shape index (κ2) is 6.21. The van der Waals surface area contributed by atoms with Crippen LogP contribution in [0.3, 0.4) is 0 Å². The lowest BCUT2D eigenvalue weighted by molar-refractivity contribution is 0.388. The Kier molecular flexibility index (Phi) is 4.61. The number of unbranched alkanes of at least 4 members (excludes halogenated alkanes) is 1. The topological polar surface area (TPSA) is 21.1 Å². The molecule has 0 amide bonds. The number of imidazole rings is 1. The van der Waals surface area contributed by atoms with Crippen LogP contribution in [-0.2, 0) is 12.4 Å². The molecule has 4 heteroatoms. The molecule has 98 valence electrons. The SMILES string of the molecule is CN(C)CCCCn1c(CCl)nc2ccccc21. The van der Waals surface area contributed by atoms with Crippen LogP contribution in [-0.4, -0.2) is 35.1 Å². The second-order valence-corrected chi connectivity index (χ2v) is 5.08. The van der Waals surface area contributed by atoms with Gasteiger partial charge in [0, 0.05) is 6.54 Å². The fourth-order valence-electron chi connectivity index (χ4n) is 2.17. The Morgan fingerprint density at radius 2 is 2.00 bits per heavy atom. The van der Waals surface area contributed by atoms with Crippen LogP contribution in [0.15, 0.2) is 24.3 Å². The molecule has 1 aromatic carbocycles. The van der Waals surface area contributed by atoms with Crippen molar-refractivity contribution in [2.45, 2.75) is 25.3 Å². The molecule has 0 aliphatic carbocycles. The van der Waals surface area contributed by atoms with Gasteiger partial charge in [-0.05, 0) is 45.6 Å². The molecule has 0 bridgehead atoms. The zero-order valence-electron chi connectivity index (χ0n) is 11.1. The van der Waals surface area contributed by atoms with Gasteiger partial charge in [-0.2, -0.15) is 0 Å². The van der Waals surface area contributed by atoms with E-state index >= 15 is 0 Å². The Hall–Kier alpha value is -1.06. The third kappa shape index (κ3) is 3.03. The zero-order valence-corrected chi connectivity index (χ0v) is 11.8. The summed E-state index contributed by atoms with van der Waals surface area (Å²) in [6.07, 6.45) is 2.35. The Labute approximate surface area is 113 Å². The van der Waals surface area contributed by atoms with Gasteiger partial charge in [-0.3, -0.25) is 0 Å². The first-order chi connectivity index (χ1) is 8.72. The zero-order chi connectivity index (χ0) is 13.0. The molecule has 3 nitrogen and oxygen atoms in total. The minimum atomic E-state index is 0.475. The van der Waals surface area contributed by atoms with E-state index in [1.54, 1.807) is 0 Å². The van der Waals surface area contributed by atoms with Gasteiger partial charge in [0.15, 0.2) is 0 Å².